The molecule has 0 aromatic carbocycles. The first-order valence-corrected chi connectivity index (χ1v) is 7.61. The third-order valence-electron chi connectivity index (χ3n) is 3.30. The summed E-state index contributed by atoms with van der Waals surface area (Å²) in [5, 5.41) is 7.56. The summed E-state index contributed by atoms with van der Waals surface area (Å²) >= 11 is 1.68. The first-order chi connectivity index (χ1) is 10.2. The summed E-state index contributed by atoms with van der Waals surface area (Å²) in [6.45, 7) is 4.20. The van der Waals surface area contributed by atoms with Crippen LogP contribution in [0.3, 0.4) is 0 Å². The first-order valence-electron chi connectivity index (χ1n) is 6.80. The van der Waals surface area contributed by atoms with Gasteiger partial charge in [0.25, 0.3) is 0 Å². The van der Waals surface area contributed by atoms with Gasteiger partial charge in [-0.05, 0) is 37.6 Å². The molecule has 3 aromatic heterocycles. The van der Waals surface area contributed by atoms with E-state index < -0.39 is 0 Å². The Kier molecular flexibility index (Phi) is 3.70. The van der Waals surface area contributed by atoms with Crippen LogP contribution >= 0.6 is 11.3 Å². The van der Waals surface area contributed by atoms with Crippen LogP contribution in [-0.2, 0) is 0 Å². The second kappa shape index (κ2) is 5.65. The van der Waals surface area contributed by atoms with Gasteiger partial charge in [-0.2, -0.15) is 4.98 Å². The van der Waals surface area contributed by atoms with Gasteiger partial charge in [-0.15, -0.1) is 11.3 Å². The van der Waals surface area contributed by atoms with E-state index in [9.17, 15) is 0 Å². The Labute approximate surface area is 127 Å². The molecule has 1 unspecified atom stereocenters. The molecule has 108 valence electrons. The molecule has 0 aliphatic rings. The molecule has 0 radical (unpaired) electrons. The van der Waals surface area contributed by atoms with Gasteiger partial charge in [0.05, 0.1) is 11.4 Å². The molecule has 0 bridgehead atoms. The molecule has 1 atom stereocenters. The van der Waals surface area contributed by atoms with Gasteiger partial charge in [-0.25, -0.2) is 4.98 Å². The van der Waals surface area contributed by atoms with Gasteiger partial charge >= 0.3 is 0 Å². The highest BCUT2D eigenvalue weighted by molar-refractivity contribution is 7.18. The lowest BCUT2D eigenvalue weighted by Gasteiger charge is -2.16. The van der Waals surface area contributed by atoms with E-state index in [2.05, 4.69) is 45.5 Å². The highest BCUT2D eigenvalue weighted by Gasteiger charge is 2.13. The molecule has 5 nitrogen and oxygen atoms in total. The average Bonchev–Trinajstić information content (AvgIpc) is 2.88. The Hall–Kier alpha value is -2.21. The van der Waals surface area contributed by atoms with Crippen molar-refractivity contribution in [2.24, 2.45) is 0 Å². The Bertz CT molecular complexity index is 753. The van der Waals surface area contributed by atoms with Gasteiger partial charge in [-0.3, -0.25) is 4.98 Å². The van der Waals surface area contributed by atoms with Crippen LogP contribution in [0.25, 0.3) is 10.2 Å². The molecule has 0 saturated heterocycles. The van der Waals surface area contributed by atoms with E-state index in [0.717, 1.165) is 16.0 Å². The summed E-state index contributed by atoms with van der Waals surface area (Å²) in [6, 6.07) is 6.29. The van der Waals surface area contributed by atoms with Crippen molar-refractivity contribution in [2.45, 2.75) is 19.9 Å². The normalized spacial score (nSPS) is 12.3. The third kappa shape index (κ3) is 2.80. The molecule has 0 aliphatic carbocycles. The zero-order valence-electron chi connectivity index (χ0n) is 12.2. The summed E-state index contributed by atoms with van der Waals surface area (Å²) in [4.78, 5) is 15.3. The van der Waals surface area contributed by atoms with Crippen LogP contribution in [0.5, 0.6) is 0 Å². The van der Waals surface area contributed by atoms with E-state index in [1.54, 1.807) is 23.7 Å². The standard InChI is InChI=1S/C15H17N5S/c1-9-8-12-13(19-15(16-3)20-14(12)21-9)18-10(2)11-4-6-17-7-5-11/h4-8,10H,1-3H3,(H2,16,18,19,20). The first kappa shape index (κ1) is 13.8. The van der Waals surface area contributed by atoms with Crippen molar-refractivity contribution in [3.05, 3.63) is 41.0 Å². The number of rotatable bonds is 4. The fourth-order valence-electron chi connectivity index (χ4n) is 2.20. The zero-order chi connectivity index (χ0) is 14.8. The van der Waals surface area contributed by atoms with Crippen LogP contribution in [-0.4, -0.2) is 22.0 Å². The Morgan fingerprint density at radius 1 is 1.19 bits per heavy atom. The second-order valence-electron chi connectivity index (χ2n) is 4.87. The Morgan fingerprint density at radius 3 is 2.67 bits per heavy atom. The molecule has 2 N–H and O–H groups in total. The largest absolute Gasteiger partial charge is 0.363 e. The summed E-state index contributed by atoms with van der Waals surface area (Å²) in [5.74, 6) is 1.49. The van der Waals surface area contributed by atoms with Crippen molar-refractivity contribution in [1.29, 1.82) is 0 Å². The average molecular weight is 299 g/mol. The van der Waals surface area contributed by atoms with Crippen LogP contribution in [0, 0.1) is 6.92 Å². The third-order valence-corrected chi connectivity index (χ3v) is 4.24. The predicted octanol–water partition coefficient (Wildman–Crippen LogP) is 3.61. The van der Waals surface area contributed by atoms with Gasteiger partial charge < -0.3 is 10.6 Å². The van der Waals surface area contributed by atoms with Crippen LogP contribution in [0.1, 0.15) is 23.4 Å². The maximum Gasteiger partial charge on any atom is 0.225 e. The van der Waals surface area contributed by atoms with Crippen LogP contribution in [0.15, 0.2) is 30.6 Å². The van der Waals surface area contributed by atoms with Crippen molar-refractivity contribution in [3.8, 4) is 0 Å². The lowest BCUT2D eigenvalue weighted by molar-refractivity contribution is 0.873. The van der Waals surface area contributed by atoms with Crippen molar-refractivity contribution >= 4 is 33.3 Å². The topological polar surface area (TPSA) is 62.7 Å². The summed E-state index contributed by atoms with van der Waals surface area (Å²) in [7, 11) is 1.83. The van der Waals surface area contributed by atoms with Gasteiger partial charge in [0, 0.05) is 24.3 Å². The minimum Gasteiger partial charge on any atom is -0.363 e. The highest BCUT2D eigenvalue weighted by atomic mass is 32.1. The van der Waals surface area contributed by atoms with Crippen molar-refractivity contribution in [1.82, 2.24) is 15.0 Å². The minimum atomic E-state index is 0.149. The summed E-state index contributed by atoms with van der Waals surface area (Å²) in [6.07, 6.45) is 3.60. The number of anilines is 2. The summed E-state index contributed by atoms with van der Waals surface area (Å²) < 4.78 is 0. The molecule has 0 fully saturated rings. The Morgan fingerprint density at radius 2 is 1.95 bits per heavy atom. The monoisotopic (exact) mass is 299 g/mol. The fourth-order valence-corrected chi connectivity index (χ4v) is 3.08. The number of aryl methyl sites for hydroxylation is 1. The molecule has 0 spiro atoms. The number of hydrogen-bond acceptors (Lipinski definition) is 6. The van der Waals surface area contributed by atoms with E-state index in [4.69, 9.17) is 0 Å². The predicted molar refractivity (Wildman–Crippen MR) is 88.0 cm³/mol. The number of aromatic nitrogens is 3. The van der Waals surface area contributed by atoms with E-state index in [0.29, 0.717) is 5.95 Å². The lowest BCUT2D eigenvalue weighted by atomic mass is 10.1. The molecule has 0 saturated carbocycles. The molecular formula is C15H17N5S. The van der Waals surface area contributed by atoms with Gasteiger partial charge in [-0.1, -0.05) is 0 Å². The van der Waals surface area contributed by atoms with Crippen LogP contribution in [0.2, 0.25) is 0 Å². The number of pyridine rings is 1. The number of fused-ring (bicyclic) bond motifs is 1. The number of nitrogens with one attached hydrogen (secondary N) is 2. The molecule has 6 heteroatoms. The van der Waals surface area contributed by atoms with E-state index in [-0.39, 0.29) is 6.04 Å². The molecular weight excluding hydrogens is 282 g/mol. The fraction of sp³-hybridized carbons (Fsp3) is 0.267. The van der Waals surface area contributed by atoms with Crippen molar-refractivity contribution in [3.63, 3.8) is 0 Å². The molecule has 0 aliphatic heterocycles. The summed E-state index contributed by atoms with van der Waals surface area (Å²) in [5.41, 5.74) is 1.18. The molecule has 3 aromatic rings. The molecule has 3 heterocycles. The molecule has 21 heavy (non-hydrogen) atoms. The van der Waals surface area contributed by atoms with Crippen LogP contribution in [0.4, 0.5) is 11.8 Å². The smallest absolute Gasteiger partial charge is 0.225 e. The minimum absolute atomic E-state index is 0.149. The van der Waals surface area contributed by atoms with E-state index in [1.165, 1.54) is 10.4 Å². The van der Waals surface area contributed by atoms with E-state index in [1.807, 2.05) is 19.2 Å². The maximum atomic E-state index is 4.56. The van der Waals surface area contributed by atoms with Gasteiger partial charge in [0.15, 0.2) is 0 Å². The van der Waals surface area contributed by atoms with E-state index >= 15 is 0 Å². The van der Waals surface area contributed by atoms with Crippen molar-refractivity contribution in [2.75, 3.05) is 17.7 Å². The molecule has 3 rings (SSSR count). The molecule has 0 amide bonds. The number of hydrogen-bond donors (Lipinski definition) is 2. The number of thiophene rings is 1. The van der Waals surface area contributed by atoms with Crippen molar-refractivity contribution < 1.29 is 0 Å². The quantitative estimate of drug-likeness (QED) is 0.770. The van der Waals surface area contributed by atoms with Gasteiger partial charge in [0.1, 0.15) is 10.6 Å². The highest BCUT2D eigenvalue weighted by Crippen LogP contribution is 2.31. The number of nitrogens with zero attached hydrogens (tertiary/aromatic N) is 3. The Balaban J connectivity index is 1.99. The zero-order valence-corrected chi connectivity index (χ0v) is 13.0. The maximum absolute atomic E-state index is 4.56. The van der Waals surface area contributed by atoms with Crippen LogP contribution < -0.4 is 10.6 Å². The van der Waals surface area contributed by atoms with Gasteiger partial charge in [0.2, 0.25) is 5.95 Å². The SMILES string of the molecule is CNc1nc(NC(C)c2ccncc2)c2cc(C)sc2n1. The lowest BCUT2D eigenvalue weighted by Crippen LogP contribution is -2.09. The second-order valence-corrected chi connectivity index (χ2v) is 6.10.